The molecule has 0 aromatic rings. The highest BCUT2D eigenvalue weighted by Crippen LogP contribution is 2.42. The summed E-state index contributed by atoms with van der Waals surface area (Å²) in [7, 11) is 0. The molecule has 6 nitrogen and oxygen atoms in total. The molecule has 3 saturated carbocycles. The average molecular weight is 461 g/mol. The maximum atomic E-state index is 13.7. The van der Waals surface area contributed by atoms with Crippen LogP contribution in [0, 0.1) is 23.7 Å². The molecule has 0 unspecified atom stereocenters. The Hall–Kier alpha value is -1.14. The maximum absolute atomic E-state index is 13.7. The molecule has 188 valence electrons. The van der Waals surface area contributed by atoms with Gasteiger partial charge in [-0.2, -0.15) is 0 Å². The van der Waals surface area contributed by atoms with Crippen LogP contribution in [0.4, 0.5) is 0 Å². The number of hydrogen-bond donors (Lipinski definition) is 3. The fraction of sp³-hybridized carbons (Fsp3) is 0.926. The summed E-state index contributed by atoms with van der Waals surface area (Å²) >= 11 is 0. The van der Waals surface area contributed by atoms with Gasteiger partial charge >= 0.3 is 0 Å². The molecule has 0 spiro atoms. The SMILES string of the molecule is NC1CCC(CNC(=O)[C@@H]2CCCN2C(=O)[C@@H](N)C(C2CCCCC2)C2CCCCC2)CC1. The van der Waals surface area contributed by atoms with E-state index < -0.39 is 6.04 Å². The van der Waals surface area contributed by atoms with E-state index in [0.29, 0.717) is 36.9 Å². The second-order valence-corrected chi connectivity index (χ2v) is 11.6. The summed E-state index contributed by atoms with van der Waals surface area (Å²) < 4.78 is 0. The van der Waals surface area contributed by atoms with Gasteiger partial charge in [-0.1, -0.05) is 64.2 Å². The first-order chi connectivity index (χ1) is 16.0. The maximum Gasteiger partial charge on any atom is 0.242 e. The summed E-state index contributed by atoms with van der Waals surface area (Å²) in [5.41, 5.74) is 12.9. The van der Waals surface area contributed by atoms with Crippen LogP contribution in [-0.4, -0.2) is 47.9 Å². The van der Waals surface area contributed by atoms with Crippen molar-refractivity contribution in [2.75, 3.05) is 13.1 Å². The third-order valence-electron chi connectivity index (χ3n) is 9.38. The summed E-state index contributed by atoms with van der Waals surface area (Å²) in [5.74, 6) is 2.02. The Morgan fingerprint density at radius 1 is 0.788 bits per heavy atom. The van der Waals surface area contributed by atoms with E-state index in [4.69, 9.17) is 11.5 Å². The minimum atomic E-state index is -0.454. The average Bonchev–Trinajstić information content (AvgIpc) is 3.34. The lowest BCUT2D eigenvalue weighted by Gasteiger charge is -2.42. The Morgan fingerprint density at radius 2 is 1.36 bits per heavy atom. The van der Waals surface area contributed by atoms with Crippen molar-refractivity contribution < 1.29 is 9.59 Å². The fourth-order valence-electron chi connectivity index (χ4n) is 7.42. The summed E-state index contributed by atoms with van der Waals surface area (Å²) in [6, 6.07) is -0.472. The third kappa shape index (κ3) is 6.30. The van der Waals surface area contributed by atoms with Crippen molar-refractivity contribution in [2.45, 2.75) is 121 Å². The monoisotopic (exact) mass is 460 g/mol. The minimum Gasteiger partial charge on any atom is -0.354 e. The molecule has 4 aliphatic rings. The highest BCUT2D eigenvalue weighted by atomic mass is 16.2. The first-order valence-corrected chi connectivity index (χ1v) is 14.1. The van der Waals surface area contributed by atoms with Gasteiger partial charge in [0.25, 0.3) is 0 Å². The van der Waals surface area contributed by atoms with Crippen molar-refractivity contribution in [1.82, 2.24) is 10.2 Å². The number of amides is 2. The second kappa shape index (κ2) is 12.0. The number of nitrogens with two attached hydrogens (primary N) is 2. The van der Waals surface area contributed by atoms with E-state index in [0.717, 1.165) is 38.5 Å². The predicted octanol–water partition coefficient (Wildman–Crippen LogP) is 3.72. The number of carbonyl (C=O) groups is 2. The van der Waals surface area contributed by atoms with Crippen LogP contribution < -0.4 is 16.8 Å². The molecule has 0 radical (unpaired) electrons. The molecule has 6 heteroatoms. The van der Waals surface area contributed by atoms with Crippen LogP contribution >= 0.6 is 0 Å². The Bertz CT molecular complexity index is 618. The van der Waals surface area contributed by atoms with E-state index in [1.807, 2.05) is 4.90 Å². The van der Waals surface area contributed by atoms with E-state index in [-0.39, 0.29) is 23.8 Å². The number of nitrogens with zero attached hydrogens (tertiary/aromatic N) is 1. The van der Waals surface area contributed by atoms with Gasteiger partial charge in [-0.15, -0.1) is 0 Å². The van der Waals surface area contributed by atoms with Gasteiger partial charge in [0, 0.05) is 19.1 Å². The van der Waals surface area contributed by atoms with Crippen molar-refractivity contribution in [3.05, 3.63) is 0 Å². The van der Waals surface area contributed by atoms with Gasteiger partial charge in [-0.3, -0.25) is 9.59 Å². The van der Waals surface area contributed by atoms with Gasteiger partial charge in [0.1, 0.15) is 6.04 Å². The topological polar surface area (TPSA) is 101 Å². The molecule has 0 aromatic heterocycles. The minimum absolute atomic E-state index is 0.0230. The zero-order valence-corrected chi connectivity index (χ0v) is 20.7. The van der Waals surface area contributed by atoms with Gasteiger partial charge in [-0.05, 0) is 62.2 Å². The van der Waals surface area contributed by atoms with Crippen molar-refractivity contribution in [3.8, 4) is 0 Å². The van der Waals surface area contributed by atoms with Crippen LogP contribution in [0.3, 0.4) is 0 Å². The number of likely N-dealkylation sites (tertiary alicyclic amines) is 1. The second-order valence-electron chi connectivity index (χ2n) is 11.6. The Kier molecular flexibility index (Phi) is 9.09. The van der Waals surface area contributed by atoms with Crippen molar-refractivity contribution in [3.63, 3.8) is 0 Å². The predicted molar refractivity (Wildman–Crippen MR) is 132 cm³/mol. The first-order valence-electron chi connectivity index (χ1n) is 14.1. The zero-order valence-electron chi connectivity index (χ0n) is 20.7. The van der Waals surface area contributed by atoms with Gasteiger partial charge in [-0.25, -0.2) is 0 Å². The summed E-state index contributed by atoms with van der Waals surface area (Å²) in [6.45, 7) is 1.38. The normalized spacial score (nSPS) is 31.0. The zero-order chi connectivity index (χ0) is 23.2. The standard InChI is InChI=1S/C27H48N4O2/c28-22-15-13-19(14-16-22)18-30-26(32)23-12-7-17-31(23)27(33)25(29)24(20-8-3-1-4-9-20)21-10-5-2-6-11-21/h19-25H,1-18,28-29H2,(H,30,32)/t19?,22?,23-,25-/m0/s1. The molecule has 4 fully saturated rings. The molecule has 0 aromatic carbocycles. The molecular weight excluding hydrogens is 412 g/mol. The molecule has 2 amide bonds. The van der Waals surface area contributed by atoms with Crippen LogP contribution in [0.2, 0.25) is 0 Å². The van der Waals surface area contributed by atoms with Crippen molar-refractivity contribution >= 4 is 11.8 Å². The highest BCUT2D eigenvalue weighted by Gasteiger charge is 2.43. The lowest BCUT2D eigenvalue weighted by atomic mass is 9.66. The van der Waals surface area contributed by atoms with Gasteiger partial charge in [0.05, 0.1) is 6.04 Å². The third-order valence-corrected chi connectivity index (χ3v) is 9.38. The van der Waals surface area contributed by atoms with Crippen LogP contribution in [0.25, 0.3) is 0 Å². The largest absolute Gasteiger partial charge is 0.354 e. The van der Waals surface area contributed by atoms with Gasteiger partial charge in [0.2, 0.25) is 11.8 Å². The Balaban J connectivity index is 1.37. The first kappa shape index (κ1) is 25.0. The van der Waals surface area contributed by atoms with Gasteiger partial charge < -0.3 is 21.7 Å². The Morgan fingerprint density at radius 3 is 1.94 bits per heavy atom. The molecule has 1 saturated heterocycles. The number of carbonyl (C=O) groups excluding carboxylic acids is 2. The molecule has 3 aliphatic carbocycles. The quantitative estimate of drug-likeness (QED) is 0.539. The van der Waals surface area contributed by atoms with Crippen LogP contribution in [0.15, 0.2) is 0 Å². The molecule has 1 heterocycles. The van der Waals surface area contributed by atoms with Crippen molar-refractivity contribution in [2.24, 2.45) is 35.1 Å². The number of nitrogens with one attached hydrogen (secondary N) is 1. The summed E-state index contributed by atoms with van der Waals surface area (Å²) in [6.07, 6.45) is 18.5. The molecular formula is C27H48N4O2. The van der Waals surface area contributed by atoms with E-state index in [1.165, 1.54) is 64.2 Å². The molecule has 0 bridgehead atoms. The lowest BCUT2D eigenvalue weighted by molar-refractivity contribution is -0.141. The van der Waals surface area contributed by atoms with Crippen LogP contribution in [-0.2, 0) is 9.59 Å². The number of rotatable bonds is 7. The van der Waals surface area contributed by atoms with Crippen LogP contribution in [0.5, 0.6) is 0 Å². The van der Waals surface area contributed by atoms with Gasteiger partial charge in [0.15, 0.2) is 0 Å². The lowest BCUT2D eigenvalue weighted by Crippen LogP contribution is -2.56. The smallest absolute Gasteiger partial charge is 0.242 e. The highest BCUT2D eigenvalue weighted by molar-refractivity contribution is 5.90. The van der Waals surface area contributed by atoms with E-state index in [9.17, 15) is 9.59 Å². The summed E-state index contributed by atoms with van der Waals surface area (Å²) in [5, 5.41) is 3.17. The van der Waals surface area contributed by atoms with Crippen molar-refractivity contribution in [1.29, 1.82) is 0 Å². The molecule has 33 heavy (non-hydrogen) atoms. The molecule has 1 aliphatic heterocycles. The van der Waals surface area contributed by atoms with E-state index in [1.54, 1.807) is 0 Å². The molecule has 4 rings (SSSR count). The Labute approximate surface area is 201 Å². The van der Waals surface area contributed by atoms with E-state index >= 15 is 0 Å². The number of hydrogen-bond acceptors (Lipinski definition) is 4. The summed E-state index contributed by atoms with van der Waals surface area (Å²) in [4.78, 5) is 28.7. The van der Waals surface area contributed by atoms with E-state index in [2.05, 4.69) is 5.32 Å². The fourth-order valence-corrected chi connectivity index (χ4v) is 7.42. The molecule has 2 atom stereocenters. The van der Waals surface area contributed by atoms with Crippen LogP contribution in [0.1, 0.15) is 103 Å². The molecule has 5 N–H and O–H groups in total.